The summed E-state index contributed by atoms with van der Waals surface area (Å²) in [6.07, 6.45) is 0. The SMILES string of the molecule is C=CS(=O)(=O)O.OB(O)F.OB(O)F.OB(O)F.[H-].[Li+]. The summed E-state index contributed by atoms with van der Waals surface area (Å²) in [6, 6.07) is 0. The van der Waals surface area contributed by atoms with E-state index in [1.165, 1.54) is 0 Å². The van der Waals surface area contributed by atoms with Crippen LogP contribution in [0.25, 0.3) is 0 Å². The van der Waals surface area contributed by atoms with Crippen molar-refractivity contribution in [2.24, 2.45) is 0 Å². The third-order valence-corrected chi connectivity index (χ3v) is 0.632. The predicted octanol–water partition coefficient (Wildman–Crippen LogP) is -6.09. The molecule has 0 radical (unpaired) electrons. The van der Waals surface area contributed by atoms with Crippen molar-refractivity contribution in [3.8, 4) is 0 Å². The third-order valence-electron chi connectivity index (χ3n) is 0.211. The van der Waals surface area contributed by atoms with E-state index >= 15 is 0 Å². The van der Waals surface area contributed by atoms with Gasteiger partial charge in [-0.1, -0.05) is 6.58 Å². The molecular weight excluding hydrogens is 296 g/mol. The van der Waals surface area contributed by atoms with Crippen molar-refractivity contribution in [2.75, 3.05) is 0 Å². The summed E-state index contributed by atoms with van der Waals surface area (Å²) in [5, 5.41) is 42.1. The normalized spacial score (nSPS) is 7.68. The Morgan fingerprint density at radius 3 is 0.947 bits per heavy atom. The zero-order valence-corrected chi connectivity index (χ0v) is 10.3. The molecule has 0 aromatic heterocycles. The summed E-state index contributed by atoms with van der Waals surface area (Å²) in [5.74, 6) is 0. The second kappa shape index (κ2) is 20.3. The molecule has 0 aliphatic heterocycles. The van der Waals surface area contributed by atoms with Crippen molar-refractivity contribution in [3.63, 3.8) is 0 Å². The summed E-state index contributed by atoms with van der Waals surface area (Å²) in [7, 11) is -11.9. The molecule has 0 aliphatic rings. The fourth-order valence-electron chi connectivity index (χ4n) is 0. The van der Waals surface area contributed by atoms with E-state index in [0.717, 1.165) is 0 Å². The van der Waals surface area contributed by atoms with Gasteiger partial charge in [-0.3, -0.25) is 17.5 Å². The van der Waals surface area contributed by atoms with Crippen LogP contribution in [0.4, 0.5) is 12.9 Å². The maximum absolute atomic E-state index is 10.1. The van der Waals surface area contributed by atoms with Crippen LogP contribution in [-0.2, 0) is 10.1 Å². The number of halogens is 3. The fourth-order valence-corrected chi connectivity index (χ4v) is 0. The van der Waals surface area contributed by atoms with Gasteiger partial charge in [0.15, 0.2) is 0 Å². The molecule has 0 rings (SSSR count). The first-order valence-electron chi connectivity index (χ1n) is 3.36. The summed E-state index contributed by atoms with van der Waals surface area (Å²) in [6.45, 7) is 2.79. The molecule has 0 saturated carbocycles. The Morgan fingerprint density at radius 1 is 0.895 bits per heavy atom. The molecule has 0 aromatic carbocycles. The van der Waals surface area contributed by atoms with Crippen molar-refractivity contribution < 1.29 is 76.3 Å². The van der Waals surface area contributed by atoms with Gasteiger partial charge in [0, 0.05) is 0 Å². The molecule has 0 amide bonds. The average molecular weight is 308 g/mol. The number of hydrogen-bond donors (Lipinski definition) is 7. The van der Waals surface area contributed by atoms with Crippen LogP contribution >= 0.6 is 0 Å². The first-order valence-corrected chi connectivity index (χ1v) is 4.87. The van der Waals surface area contributed by atoms with Crippen LogP contribution in [-0.4, -0.2) is 65.3 Å². The van der Waals surface area contributed by atoms with Crippen LogP contribution in [0.3, 0.4) is 0 Å². The minimum absolute atomic E-state index is 0. The molecule has 0 fully saturated rings. The maximum atomic E-state index is 10.1. The topological polar surface area (TPSA) is 176 Å². The Kier molecular flexibility index (Phi) is 33.6. The maximum Gasteiger partial charge on any atom is 1.00 e. The van der Waals surface area contributed by atoms with Crippen LogP contribution < -0.4 is 18.9 Å². The van der Waals surface area contributed by atoms with Crippen molar-refractivity contribution in [1.29, 1.82) is 0 Å². The quantitative estimate of drug-likeness (QED) is 0.183. The summed E-state index contributed by atoms with van der Waals surface area (Å²) in [5.41, 5.74) is 0. The molecule has 0 spiro atoms. The van der Waals surface area contributed by atoms with Gasteiger partial charge in [-0.2, -0.15) is 8.42 Å². The molecule has 0 bridgehead atoms. The van der Waals surface area contributed by atoms with E-state index in [1.807, 2.05) is 0 Å². The molecule has 17 heteroatoms. The van der Waals surface area contributed by atoms with Crippen LogP contribution in [0.1, 0.15) is 1.43 Å². The Labute approximate surface area is 121 Å². The summed E-state index contributed by atoms with van der Waals surface area (Å²) in [4.78, 5) is 0. The van der Waals surface area contributed by atoms with Gasteiger partial charge in [0.05, 0.1) is 5.41 Å². The van der Waals surface area contributed by atoms with Crippen LogP contribution in [0.15, 0.2) is 12.0 Å². The van der Waals surface area contributed by atoms with Crippen molar-refractivity contribution >= 4 is 32.3 Å². The van der Waals surface area contributed by atoms with E-state index in [9.17, 15) is 21.4 Å². The third kappa shape index (κ3) is 514. The van der Waals surface area contributed by atoms with E-state index < -0.39 is 32.3 Å². The summed E-state index contributed by atoms with van der Waals surface area (Å²) >= 11 is 0. The Bertz CT molecular complexity index is 235. The van der Waals surface area contributed by atoms with Gasteiger partial charge in [0.1, 0.15) is 0 Å². The molecular formula is C2H11B3F3LiO9S. The molecule has 9 nitrogen and oxygen atoms in total. The Hall–Kier alpha value is -0.00779. The van der Waals surface area contributed by atoms with E-state index in [2.05, 4.69) is 6.58 Å². The smallest absolute Gasteiger partial charge is 1.00 e. The minimum atomic E-state index is -3.90. The second-order valence-electron chi connectivity index (χ2n) is 1.61. The molecule has 0 saturated heterocycles. The van der Waals surface area contributed by atoms with Gasteiger partial charge in [-0.15, -0.1) is 0 Å². The van der Waals surface area contributed by atoms with Gasteiger partial charge < -0.3 is 31.6 Å². The second-order valence-corrected chi connectivity index (χ2v) is 2.98. The zero-order chi connectivity index (χ0) is 15.9. The molecule has 0 unspecified atom stereocenters. The van der Waals surface area contributed by atoms with Crippen molar-refractivity contribution in [1.82, 2.24) is 0 Å². The van der Waals surface area contributed by atoms with E-state index in [-0.39, 0.29) is 20.3 Å². The Balaban J connectivity index is -0.0000000322. The molecule has 0 aromatic rings. The van der Waals surface area contributed by atoms with E-state index in [1.54, 1.807) is 0 Å². The van der Waals surface area contributed by atoms with Crippen molar-refractivity contribution in [2.45, 2.75) is 0 Å². The largest absolute Gasteiger partial charge is 1.00 e. The molecule has 0 atom stereocenters. The zero-order valence-electron chi connectivity index (χ0n) is 10.5. The van der Waals surface area contributed by atoms with Gasteiger partial charge >= 0.3 is 41.0 Å². The number of hydrogen-bond acceptors (Lipinski definition) is 8. The molecule has 7 N–H and O–H groups in total. The first kappa shape index (κ1) is 31.4. The van der Waals surface area contributed by atoms with Crippen LogP contribution in [0.2, 0.25) is 0 Å². The van der Waals surface area contributed by atoms with Crippen LogP contribution in [0, 0.1) is 0 Å². The van der Waals surface area contributed by atoms with Crippen molar-refractivity contribution in [3.05, 3.63) is 12.0 Å². The van der Waals surface area contributed by atoms with Gasteiger partial charge in [0.2, 0.25) is 0 Å². The minimum Gasteiger partial charge on any atom is -1.00 e. The number of rotatable bonds is 1. The fraction of sp³-hybridized carbons (Fsp3) is 0. The monoisotopic (exact) mass is 308 g/mol. The molecule has 0 heterocycles. The van der Waals surface area contributed by atoms with Gasteiger partial charge in [-0.05, 0) is 0 Å². The molecule has 0 aliphatic carbocycles. The van der Waals surface area contributed by atoms with Gasteiger partial charge in [-0.25, -0.2) is 0 Å². The predicted molar refractivity (Wildman–Crippen MR) is 56.8 cm³/mol. The summed E-state index contributed by atoms with van der Waals surface area (Å²) < 4.78 is 56.9. The molecule has 110 valence electrons. The average Bonchev–Trinajstić information content (AvgIpc) is 1.99. The Morgan fingerprint density at radius 2 is 0.947 bits per heavy atom. The van der Waals surface area contributed by atoms with Gasteiger partial charge in [0.25, 0.3) is 10.1 Å². The first-order chi connectivity index (χ1) is 7.76. The standard InChI is InChI=1S/C2H4O3S.3BFH2O2.Li.H/c1-2-6(3,4)5;3*2-1(3)4;;/h2H,1H2,(H,3,4,5);3*3-4H;;/q;;;;+1;-1. The van der Waals surface area contributed by atoms with E-state index in [0.29, 0.717) is 5.41 Å². The van der Waals surface area contributed by atoms with Crippen LogP contribution in [0.5, 0.6) is 0 Å². The van der Waals surface area contributed by atoms with E-state index in [4.69, 9.17) is 34.7 Å². The molecule has 19 heavy (non-hydrogen) atoms.